The van der Waals surface area contributed by atoms with Crippen molar-refractivity contribution in [1.29, 1.82) is 0 Å². The number of para-hydroxylation sites is 1. The van der Waals surface area contributed by atoms with Crippen LogP contribution in [-0.2, 0) is 0 Å². The molecule has 11 aromatic rings. The molecule has 288 valence electrons. The zero-order valence-corrected chi connectivity index (χ0v) is 33.5. The van der Waals surface area contributed by atoms with Crippen LogP contribution in [0.1, 0.15) is 36.5 Å². The average Bonchev–Trinajstić information content (AvgIpc) is 3.89. The molecule has 0 saturated carbocycles. The van der Waals surface area contributed by atoms with E-state index in [1.54, 1.807) is 0 Å². The van der Waals surface area contributed by atoms with Gasteiger partial charge in [-0.1, -0.05) is 146 Å². The normalized spacial score (nSPS) is 14.8. The van der Waals surface area contributed by atoms with Crippen LogP contribution in [0.4, 0.5) is 0 Å². The fourth-order valence-corrected chi connectivity index (χ4v) is 9.38. The van der Waals surface area contributed by atoms with Gasteiger partial charge in [-0.2, -0.15) is 0 Å². The second-order valence-electron chi connectivity index (χ2n) is 16.0. The molecule has 12 rings (SSSR count). The molecule has 0 fully saturated rings. The Hall–Kier alpha value is -7.82. The van der Waals surface area contributed by atoms with Gasteiger partial charge < -0.3 is 8.83 Å². The smallest absolute Gasteiger partial charge is 0.160 e. The predicted octanol–water partition coefficient (Wildman–Crippen LogP) is 15.6. The topological polar surface area (TPSA) is 51.0 Å². The predicted molar refractivity (Wildman–Crippen MR) is 255 cm³/mol. The molecule has 4 nitrogen and oxygen atoms in total. The van der Waals surface area contributed by atoms with Crippen LogP contribution in [0.5, 0.6) is 0 Å². The second kappa shape index (κ2) is 14.2. The molecule has 3 heterocycles. The molecule has 1 aliphatic rings. The van der Waals surface area contributed by atoms with E-state index in [0.29, 0.717) is 5.84 Å². The van der Waals surface area contributed by atoms with E-state index in [-0.39, 0.29) is 0 Å². The molecule has 0 aliphatic carbocycles. The molecule has 0 bridgehead atoms. The molecule has 0 atom stereocenters. The van der Waals surface area contributed by atoms with Gasteiger partial charge in [0.05, 0.1) is 11.4 Å². The van der Waals surface area contributed by atoms with Gasteiger partial charge in [-0.3, -0.25) is 0 Å². The third-order valence-electron chi connectivity index (χ3n) is 12.4. The lowest BCUT2D eigenvalue weighted by molar-refractivity contribution is 0.668. The largest absolute Gasteiger partial charge is 0.456 e. The van der Waals surface area contributed by atoms with E-state index in [1.165, 1.54) is 21.9 Å². The van der Waals surface area contributed by atoms with Crippen molar-refractivity contribution in [3.8, 4) is 22.3 Å². The van der Waals surface area contributed by atoms with Gasteiger partial charge in [0, 0.05) is 32.7 Å². The van der Waals surface area contributed by atoms with Crippen molar-refractivity contribution in [2.75, 3.05) is 0 Å². The van der Waals surface area contributed by atoms with Gasteiger partial charge in [0.15, 0.2) is 5.84 Å². The molecule has 9 aromatic carbocycles. The Morgan fingerprint density at radius 1 is 0.377 bits per heavy atom. The van der Waals surface area contributed by atoms with Gasteiger partial charge in [-0.05, 0) is 117 Å². The van der Waals surface area contributed by atoms with Crippen molar-refractivity contribution in [2.45, 2.75) is 19.8 Å². The first-order valence-corrected chi connectivity index (χ1v) is 20.9. The lowest BCUT2D eigenvalue weighted by Gasteiger charge is -2.18. The van der Waals surface area contributed by atoms with Crippen molar-refractivity contribution in [1.82, 2.24) is 0 Å². The van der Waals surface area contributed by atoms with Crippen LogP contribution in [-0.4, -0.2) is 11.5 Å². The van der Waals surface area contributed by atoms with Gasteiger partial charge in [0.1, 0.15) is 22.3 Å². The van der Waals surface area contributed by atoms with Crippen molar-refractivity contribution in [3.05, 3.63) is 210 Å². The third kappa shape index (κ3) is 5.90. The first-order chi connectivity index (χ1) is 30.1. The second-order valence-corrected chi connectivity index (χ2v) is 16.0. The number of rotatable bonds is 5. The van der Waals surface area contributed by atoms with Crippen LogP contribution in [0.2, 0.25) is 0 Å². The quantitative estimate of drug-likeness (QED) is 0.175. The van der Waals surface area contributed by atoms with E-state index in [4.69, 9.17) is 18.8 Å². The number of benzene rings is 9. The number of nitrogens with zero attached hydrogens (tertiary/aromatic N) is 2. The summed E-state index contributed by atoms with van der Waals surface area (Å²) in [5.74, 6) is 0.687. The number of amidine groups is 1. The van der Waals surface area contributed by atoms with E-state index >= 15 is 0 Å². The van der Waals surface area contributed by atoms with Crippen LogP contribution in [0.25, 0.3) is 93.4 Å². The lowest BCUT2D eigenvalue weighted by Crippen LogP contribution is -2.11. The van der Waals surface area contributed by atoms with Crippen LogP contribution in [0.3, 0.4) is 0 Å². The van der Waals surface area contributed by atoms with Gasteiger partial charge in [-0.25, -0.2) is 9.98 Å². The molecule has 0 amide bonds. The Morgan fingerprint density at radius 3 is 1.80 bits per heavy atom. The Kier molecular flexibility index (Phi) is 8.17. The molecule has 1 aliphatic heterocycles. The summed E-state index contributed by atoms with van der Waals surface area (Å²) in [6.07, 6.45) is 1.62. The minimum Gasteiger partial charge on any atom is -0.456 e. The zero-order valence-electron chi connectivity index (χ0n) is 33.5. The number of hydrogen-bond acceptors (Lipinski definition) is 4. The maximum Gasteiger partial charge on any atom is 0.160 e. The minimum absolute atomic E-state index is 0.687. The van der Waals surface area contributed by atoms with E-state index in [0.717, 1.165) is 112 Å². The Bertz CT molecular complexity index is 3660. The van der Waals surface area contributed by atoms with Gasteiger partial charge in [0.2, 0.25) is 0 Å². The SMILES string of the molecule is C/C1=C(\c2cccc3oc4ccccc4c23)N=C(c2ccc(-c3cccc4oc5ccc(-c6ccc7ccccc7c6)cc5c34)c3ccccc23)N=C(c2ccccc2)CC1. The minimum atomic E-state index is 0.687. The van der Waals surface area contributed by atoms with Crippen molar-refractivity contribution < 1.29 is 8.83 Å². The first-order valence-electron chi connectivity index (χ1n) is 20.9. The monoisotopic (exact) mass is 782 g/mol. The molecule has 4 heteroatoms. The zero-order chi connectivity index (χ0) is 40.4. The first kappa shape index (κ1) is 35.2. The summed E-state index contributed by atoms with van der Waals surface area (Å²) < 4.78 is 12.9. The van der Waals surface area contributed by atoms with Crippen molar-refractivity contribution in [3.63, 3.8) is 0 Å². The Morgan fingerprint density at radius 2 is 0.984 bits per heavy atom. The maximum atomic E-state index is 6.55. The maximum absolute atomic E-state index is 6.55. The highest BCUT2D eigenvalue weighted by molar-refractivity contribution is 6.22. The van der Waals surface area contributed by atoms with E-state index < -0.39 is 0 Å². The van der Waals surface area contributed by atoms with Gasteiger partial charge in [-0.15, -0.1) is 0 Å². The molecule has 0 unspecified atom stereocenters. The Balaban J connectivity index is 1.06. The number of aliphatic imine (C=N–C) groups is 2. The summed E-state index contributed by atoms with van der Waals surface area (Å²) >= 11 is 0. The molecular weight excluding hydrogens is 745 g/mol. The highest BCUT2D eigenvalue weighted by Crippen LogP contribution is 2.43. The summed E-state index contributed by atoms with van der Waals surface area (Å²) in [5.41, 5.74) is 14.4. The van der Waals surface area contributed by atoms with E-state index in [2.05, 4.69) is 177 Å². The standard InChI is InChI=1S/C57H38N2O2/c1-35-25-31-49(37-14-3-2-4-15-37)58-57(59-56(35)47-21-12-24-53-55(47)46-19-9-10-22-50(46)60-53)45-30-29-43(41-17-7-8-18-42(41)45)44-20-11-23-52-54(44)48-34-40(28-32-51(48)61-52)39-27-26-36-13-5-6-16-38(36)33-39/h2-24,26-30,32-34H,25,31H2,1H3/b56-35-,58-49?,59-57?. The molecule has 61 heavy (non-hydrogen) atoms. The van der Waals surface area contributed by atoms with Crippen molar-refractivity contribution in [2.24, 2.45) is 9.98 Å². The lowest BCUT2D eigenvalue weighted by atomic mass is 9.91. The average molecular weight is 783 g/mol. The number of fused-ring (bicyclic) bond motifs is 8. The third-order valence-corrected chi connectivity index (χ3v) is 12.4. The van der Waals surface area contributed by atoms with Gasteiger partial charge >= 0.3 is 0 Å². The molecule has 0 radical (unpaired) electrons. The fraction of sp³-hybridized carbons (Fsp3) is 0.0526. The summed E-state index contributed by atoms with van der Waals surface area (Å²) in [4.78, 5) is 11.1. The van der Waals surface area contributed by atoms with Crippen LogP contribution < -0.4 is 0 Å². The van der Waals surface area contributed by atoms with Crippen LogP contribution in [0.15, 0.2) is 212 Å². The van der Waals surface area contributed by atoms with E-state index in [9.17, 15) is 0 Å². The number of hydrogen-bond donors (Lipinski definition) is 0. The number of allylic oxidation sites excluding steroid dienone is 1. The molecular formula is C57H38N2O2. The van der Waals surface area contributed by atoms with E-state index in [1.807, 2.05) is 18.2 Å². The molecule has 0 spiro atoms. The van der Waals surface area contributed by atoms with Gasteiger partial charge in [0.25, 0.3) is 0 Å². The summed E-state index contributed by atoms with van der Waals surface area (Å²) in [6, 6.07) is 66.4. The summed E-state index contributed by atoms with van der Waals surface area (Å²) in [6.45, 7) is 2.22. The van der Waals surface area contributed by atoms with Crippen LogP contribution in [0, 0.1) is 0 Å². The molecule has 2 aromatic heterocycles. The highest BCUT2D eigenvalue weighted by atomic mass is 16.3. The van der Waals surface area contributed by atoms with Crippen molar-refractivity contribution >= 4 is 82.7 Å². The van der Waals surface area contributed by atoms with Crippen LogP contribution >= 0.6 is 0 Å². The number of furan rings is 2. The Labute approximate surface area is 352 Å². The fourth-order valence-electron chi connectivity index (χ4n) is 9.38. The summed E-state index contributed by atoms with van der Waals surface area (Å²) in [5, 5.41) is 9.03. The molecule has 0 saturated heterocycles. The summed E-state index contributed by atoms with van der Waals surface area (Å²) in [7, 11) is 0. The molecule has 0 N–H and O–H groups in total. The highest BCUT2D eigenvalue weighted by Gasteiger charge is 2.22.